The monoisotopic (exact) mass is 472 g/mol. The van der Waals surface area contributed by atoms with Gasteiger partial charge in [0.1, 0.15) is 18.4 Å². The first-order chi connectivity index (χ1) is 13.6. The molecule has 0 atom stereocenters. The number of aliphatic hydroxyl groups excluding tert-OH is 1. The van der Waals surface area contributed by atoms with Crippen molar-refractivity contribution in [1.29, 1.82) is 0 Å². The van der Waals surface area contributed by atoms with Crippen LogP contribution in [0.5, 0.6) is 5.75 Å². The maximum absolute atomic E-state index is 10.4. The Labute approximate surface area is 185 Å². The van der Waals surface area contributed by atoms with Crippen molar-refractivity contribution in [1.82, 2.24) is 0 Å². The van der Waals surface area contributed by atoms with Crippen molar-refractivity contribution in [3.8, 4) is 5.75 Å². The molecule has 0 spiro atoms. The van der Waals surface area contributed by atoms with Gasteiger partial charge in [0, 0.05) is 0 Å². The second-order valence-corrected chi connectivity index (χ2v) is 7.23. The van der Waals surface area contributed by atoms with Gasteiger partial charge in [0.2, 0.25) is 0 Å². The van der Waals surface area contributed by atoms with Crippen LogP contribution in [0.25, 0.3) is 0 Å². The van der Waals surface area contributed by atoms with Crippen molar-refractivity contribution in [3.05, 3.63) is 36.9 Å². The van der Waals surface area contributed by atoms with Crippen LogP contribution in [-0.4, -0.2) is 55.1 Å². The Morgan fingerprint density at radius 1 is 1.28 bits per heavy atom. The van der Waals surface area contributed by atoms with Crippen LogP contribution in [0, 0.1) is 0 Å². The maximum Gasteiger partial charge on any atom is 0.142 e. The number of ether oxygens (including phenoxy) is 1. The number of para-hydroxylation sites is 2. The number of amides is 1. The van der Waals surface area contributed by atoms with E-state index in [0.717, 1.165) is 36.8 Å². The van der Waals surface area contributed by atoms with Crippen molar-refractivity contribution in [2.24, 2.45) is 0 Å². The first-order valence-electron chi connectivity index (χ1n) is 10.3. The van der Waals surface area contributed by atoms with E-state index in [1.54, 1.807) is 24.3 Å². The Morgan fingerprint density at radius 3 is 2.55 bits per heavy atom. The molecule has 1 saturated heterocycles. The summed E-state index contributed by atoms with van der Waals surface area (Å²) >= 11 is 0. The third-order valence-corrected chi connectivity index (χ3v) is 4.98. The van der Waals surface area contributed by atoms with Gasteiger partial charge in [-0.3, -0.25) is 0 Å². The van der Waals surface area contributed by atoms with E-state index < -0.39 is 6.09 Å². The van der Waals surface area contributed by atoms with Gasteiger partial charge in [-0.1, -0.05) is 38.5 Å². The molecule has 29 heavy (non-hydrogen) atoms. The number of carbonyl (C=O) groups excluding carboxylic acids is 1. The maximum atomic E-state index is 10.4. The van der Waals surface area contributed by atoms with Crippen LogP contribution >= 0.6 is 17.0 Å². The summed E-state index contributed by atoms with van der Waals surface area (Å²) in [5.74, 6) is 0.544. The van der Waals surface area contributed by atoms with Crippen molar-refractivity contribution in [2.45, 2.75) is 45.4 Å². The van der Waals surface area contributed by atoms with Crippen molar-refractivity contribution in [2.75, 3.05) is 44.7 Å². The molecule has 166 valence electrons. The minimum atomic E-state index is -1.33. The Hall–Kier alpha value is -1.57. The number of carboxylic acid groups (broad SMARTS) is 1. The summed E-state index contributed by atoms with van der Waals surface area (Å²) in [6.07, 6.45) is 7.85. The topological polar surface area (TPSA) is 81.6 Å². The quantitative estimate of drug-likeness (QED) is 0.308. The van der Waals surface area contributed by atoms with E-state index in [-0.39, 0.29) is 17.0 Å². The molecular weight excluding hydrogens is 436 g/mol. The average Bonchev–Trinajstić information content (AvgIpc) is 2.68. The number of rotatable bonds is 10. The molecule has 2 rings (SSSR count). The third kappa shape index (κ3) is 11.3. The number of quaternary nitrogens is 1. The molecule has 6 nitrogen and oxygen atoms in total. The van der Waals surface area contributed by atoms with Gasteiger partial charge in [-0.05, 0) is 43.9 Å². The number of hydrogen-bond acceptors (Lipinski definition) is 4. The van der Waals surface area contributed by atoms with Gasteiger partial charge in [0.05, 0.1) is 38.5 Å². The number of halogens is 1. The molecule has 7 heteroatoms. The van der Waals surface area contributed by atoms with Crippen LogP contribution in [0.3, 0.4) is 0 Å². The zero-order valence-electron chi connectivity index (χ0n) is 17.6. The molecule has 0 bridgehead atoms. The van der Waals surface area contributed by atoms with Gasteiger partial charge in [0.25, 0.3) is 0 Å². The predicted molar refractivity (Wildman–Crippen MR) is 122 cm³/mol. The lowest BCUT2D eigenvalue weighted by molar-refractivity contribution is -0.927. The van der Waals surface area contributed by atoms with Gasteiger partial charge in [0.15, 0.2) is 0 Å². The molecule has 0 saturated carbocycles. The lowest BCUT2D eigenvalue weighted by Crippen LogP contribution is -2.53. The lowest BCUT2D eigenvalue weighted by Gasteiger charge is -2.40. The molecule has 1 heterocycles. The number of anilines is 1. The first kappa shape index (κ1) is 27.4. The number of carbonyl (C=O) groups is 1. The molecule has 2 N–H and O–H groups in total. The van der Waals surface area contributed by atoms with Crippen LogP contribution in [0.2, 0.25) is 0 Å². The van der Waals surface area contributed by atoms with Crippen LogP contribution in [0.4, 0.5) is 10.5 Å². The predicted octanol–water partition coefficient (Wildman–Crippen LogP) is 3.75. The highest BCUT2D eigenvalue weighted by atomic mass is 79.9. The van der Waals surface area contributed by atoms with Gasteiger partial charge >= 0.3 is 0 Å². The van der Waals surface area contributed by atoms with E-state index in [0.29, 0.717) is 24.7 Å². The molecule has 1 aliphatic heterocycles. The molecule has 1 aliphatic rings. The molecule has 0 aromatic heterocycles. The minimum Gasteiger partial charge on any atom is -0.530 e. The second-order valence-electron chi connectivity index (χ2n) is 7.23. The molecule has 1 aromatic carbocycles. The van der Waals surface area contributed by atoms with Crippen molar-refractivity contribution >= 4 is 28.8 Å². The molecule has 1 aromatic rings. The Kier molecular flexibility index (Phi) is 15.4. The number of benzene rings is 1. The second kappa shape index (κ2) is 16.3. The summed E-state index contributed by atoms with van der Waals surface area (Å²) in [5, 5.41) is 21.6. The highest BCUT2D eigenvalue weighted by Crippen LogP contribution is 2.23. The molecule has 1 amide bonds. The average molecular weight is 473 g/mol. The number of nitrogens with zero attached hydrogens (tertiary/aromatic N) is 1. The number of unbranched alkanes of at least 4 members (excludes halogenated alkanes) is 2. The largest absolute Gasteiger partial charge is 0.530 e. The van der Waals surface area contributed by atoms with E-state index in [4.69, 9.17) is 9.84 Å². The molecule has 1 fully saturated rings. The fraction of sp³-hybridized carbons (Fsp3) is 0.591. The smallest absolute Gasteiger partial charge is 0.142 e. The summed E-state index contributed by atoms with van der Waals surface area (Å²) in [6, 6.07) is 6.92. The summed E-state index contributed by atoms with van der Waals surface area (Å²) in [6.45, 7) is 11.2. The van der Waals surface area contributed by atoms with Gasteiger partial charge in [-0.25, -0.2) is 0 Å². The summed E-state index contributed by atoms with van der Waals surface area (Å²) < 4.78 is 6.56. The minimum absolute atomic E-state index is 0. The van der Waals surface area contributed by atoms with E-state index >= 15 is 0 Å². The normalized spacial score (nSPS) is 14.6. The van der Waals surface area contributed by atoms with Crippen LogP contribution in [-0.2, 0) is 0 Å². The van der Waals surface area contributed by atoms with Crippen molar-refractivity contribution < 1.29 is 24.2 Å². The SMILES string of the molecule is Br.C=CC[N+]1(CCO)CCCCC1.CCCCCOc1ccccc1NC(=O)[O-]. The van der Waals surface area contributed by atoms with Crippen LogP contribution in [0.15, 0.2) is 36.9 Å². The van der Waals surface area contributed by atoms with Gasteiger partial charge < -0.3 is 29.5 Å². The summed E-state index contributed by atoms with van der Waals surface area (Å²) in [5.41, 5.74) is 0.430. The van der Waals surface area contributed by atoms with E-state index in [1.165, 1.54) is 32.4 Å². The highest BCUT2D eigenvalue weighted by Gasteiger charge is 2.27. The number of piperidine rings is 1. The van der Waals surface area contributed by atoms with E-state index in [9.17, 15) is 9.90 Å². The third-order valence-electron chi connectivity index (χ3n) is 4.98. The zero-order valence-corrected chi connectivity index (χ0v) is 19.3. The molecular formula is C22H37BrN2O4. The number of nitrogens with one attached hydrogen (secondary N) is 1. The van der Waals surface area contributed by atoms with E-state index in [1.807, 2.05) is 6.08 Å². The zero-order chi connectivity index (χ0) is 20.7. The van der Waals surface area contributed by atoms with Gasteiger partial charge in [-0.2, -0.15) is 0 Å². The van der Waals surface area contributed by atoms with Crippen molar-refractivity contribution in [3.63, 3.8) is 0 Å². The Bertz CT molecular complexity index is 572. The summed E-state index contributed by atoms with van der Waals surface area (Å²) in [7, 11) is 0. The fourth-order valence-electron chi connectivity index (χ4n) is 3.51. The van der Waals surface area contributed by atoms with Crippen LogP contribution in [0.1, 0.15) is 45.4 Å². The molecule has 0 radical (unpaired) electrons. The lowest BCUT2D eigenvalue weighted by atomic mass is 10.1. The first-order valence-corrected chi connectivity index (χ1v) is 10.3. The standard InChI is InChI=1S/C12H17NO3.C10H20NO.BrH/c1-2-3-6-9-16-11-8-5-4-7-10(11)13-12(14)15;1-2-6-11(9-10-12)7-4-3-5-8-11;/h4-5,7-8,13H,2-3,6,9H2,1H3,(H,14,15);2,12H,1,3-10H2;1H/q;+1;/p-1. The molecule has 0 aliphatic carbocycles. The van der Waals surface area contributed by atoms with E-state index in [2.05, 4.69) is 18.8 Å². The summed E-state index contributed by atoms with van der Waals surface area (Å²) in [4.78, 5) is 10.4. The molecule has 0 unspecified atom stereocenters. The fourth-order valence-corrected chi connectivity index (χ4v) is 3.51. The Balaban J connectivity index is 0.000000542. The highest BCUT2D eigenvalue weighted by molar-refractivity contribution is 8.93. The number of hydrogen-bond donors (Lipinski definition) is 2. The Morgan fingerprint density at radius 2 is 1.97 bits per heavy atom. The number of aliphatic hydroxyl groups is 1. The van der Waals surface area contributed by atoms with Gasteiger partial charge in [-0.15, -0.1) is 17.0 Å². The van der Waals surface area contributed by atoms with Crippen LogP contribution < -0.4 is 15.2 Å². The number of likely N-dealkylation sites (tertiary alicyclic amines) is 1.